The Balaban J connectivity index is 1.61. The number of hydrogen-bond donors (Lipinski definition) is 1. The molecule has 1 fully saturated rings. The van der Waals surface area contributed by atoms with Gasteiger partial charge in [-0.15, -0.1) is 0 Å². The summed E-state index contributed by atoms with van der Waals surface area (Å²) in [4.78, 5) is 0. The standard InChI is InChI=1S/C17H17Cl2NO2/c18-13-3-1-2-12(8-13)6-7-21-16-5-4-14(19)9-17(16)22-15-10-20-11-15/h1-5,8-9,15,20H,6-7,10-11H2. The average Bonchev–Trinajstić information content (AvgIpc) is 2.45. The Morgan fingerprint density at radius 3 is 2.55 bits per heavy atom. The minimum atomic E-state index is 0.189. The Morgan fingerprint density at radius 2 is 1.82 bits per heavy atom. The van der Waals surface area contributed by atoms with E-state index in [9.17, 15) is 0 Å². The third kappa shape index (κ3) is 4.07. The second-order valence-corrected chi connectivity index (χ2v) is 6.09. The zero-order valence-electron chi connectivity index (χ0n) is 12.0. The Hall–Kier alpha value is -1.42. The molecule has 1 N–H and O–H groups in total. The van der Waals surface area contributed by atoms with Gasteiger partial charge in [0.25, 0.3) is 0 Å². The van der Waals surface area contributed by atoms with Gasteiger partial charge in [0.1, 0.15) is 6.10 Å². The van der Waals surface area contributed by atoms with Crippen molar-refractivity contribution in [3.05, 3.63) is 58.1 Å². The van der Waals surface area contributed by atoms with Crippen LogP contribution < -0.4 is 14.8 Å². The minimum Gasteiger partial charge on any atom is -0.489 e. The Labute approximate surface area is 140 Å². The predicted molar refractivity (Wildman–Crippen MR) is 89.4 cm³/mol. The maximum absolute atomic E-state index is 6.04. The molecular formula is C17H17Cl2NO2. The van der Waals surface area contributed by atoms with E-state index < -0.39 is 0 Å². The van der Waals surface area contributed by atoms with Gasteiger partial charge in [0.15, 0.2) is 11.5 Å². The number of rotatable bonds is 6. The number of ether oxygens (including phenoxy) is 2. The summed E-state index contributed by atoms with van der Waals surface area (Å²) in [6.45, 7) is 2.27. The predicted octanol–water partition coefficient (Wildman–Crippen LogP) is 3.97. The van der Waals surface area contributed by atoms with E-state index in [0.717, 1.165) is 35.8 Å². The Kier molecular flexibility index (Phi) is 5.08. The summed E-state index contributed by atoms with van der Waals surface area (Å²) in [6, 6.07) is 13.2. The maximum Gasteiger partial charge on any atom is 0.163 e. The van der Waals surface area contributed by atoms with Gasteiger partial charge in [0, 0.05) is 35.6 Å². The number of benzene rings is 2. The molecule has 1 aliphatic heterocycles. The molecule has 3 rings (SSSR count). The van der Waals surface area contributed by atoms with Crippen LogP contribution in [0.1, 0.15) is 5.56 Å². The highest BCUT2D eigenvalue weighted by Crippen LogP contribution is 2.31. The fraction of sp³-hybridized carbons (Fsp3) is 0.294. The summed E-state index contributed by atoms with van der Waals surface area (Å²) in [6.07, 6.45) is 0.974. The van der Waals surface area contributed by atoms with Crippen molar-refractivity contribution >= 4 is 23.2 Å². The zero-order chi connectivity index (χ0) is 15.4. The molecule has 0 radical (unpaired) electrons. The normalized spacial score (nSPS) is 14.5. The fourth-order valence-electron chi connectivity index (χ4n) is 2.19. The van der Waals surface area contributed by atoms with Gasteiger partial charge in [-0.2, -0.15) is 0 Å². The first kappa shape index (κ1) is 15.5. The van der Waals surface area contributed by atoms with Crippen LogP contribution in [-0.4, -0.2) is 25.8 Å². The van der Waals surface area contributed by atoms with Crippen molar-refractivity contribution in [1.82, 2.24) is 5.32 Å². The van der Waals surface area contributed by atoms with E-state index in [-0.39, 0.29) is 6.10 Å². The molecule has 116 valence electrons. The van der Waals surface area contributed by atoms with Crippen molar-refractivity contribution in [3.8, 4) is 11.5 Å². The van der Waals surface area contributed by atoms with E-state index in [0.29, 0.717) is 17.4 Å². The summed E-state index contributed by atoms with van der Waals surface area (Å²) in [5.74, 6) is 1.42. The van der Waals surface area contributed by atoms with E-state index >= 15 is 0 Å². The number of nitrogens with one attached hydrogen (secondary N) is 1. The highest BCUT2D eigenvalue weighted by Gasteiger charge is 2.20. The van der Waals surface area contributed by atoms with Crippen LogP contribution in [0.2, 0.25) is 10.0 Å². The number of halogens is 2. The molecule has 0 aliphatic carbocycles. The summed E-state index contributed by atoms with van der Waals surface area (Å²) in [7, 11) is 0. The summed E-state index contributed by atoms with van der Waals surface area (Å²) < 4.78 is 11.7. The van der Waals surface area contributed by atoms with Gasteiger partial charge in [0.05, 0.1) is 6.61 Å². The lowest BCUT2D eigenvalue weighted by atomic mass is 10.2. The molecule has 1 heterocycles. The fourth-order valence-corrected chi connectivity index (χ4v) is 2.56. The molecule has 0 atom stereocenters. The van der Waals surface area contributed by atoms with Crippen molar-refractivity contribution < 1.29 is 9.47 Å². The summed E-state index contributed by atoms with van der Waals surface area (Å²) in [5.41, 5.74) is 1.15. The summed E-state index contributed by atoms with van der Waals surface area (Å²) in [5, 5.41) is 4.56. The van der Waals surface area contributed by atoms with Crippen LogP contribution in [0.15, 0.2) is 42.5 Å². The third-order valence-electron chi connectivity index (χ3n) is 3.48. The lowest BCUT2D eigenvalue weighted by Crippen LogP contribution is -2.50. The van der Waals surface area contributed by atoms with Crippen molar-refractivity contribution in [3.63, 3.8) is 0 Å². The van der Waals surface area contributed by atoms with Crippen molar-refractivity contribution in [2.45, 2.75) is 12.5 Å². The van der Waals surface area contributed by atoms with E-state index in [2.05, 4.69) is 5.32 Å². The lowest BCUT2D eigenvalue weighted by Gasteiger charge is -2.28. The molecule has 2 aromatic rings. The summed E-state index contributed by atoms with van der Waals surface area (Å²) >= 11 is 12.0. The van der Waals surface area contributed by atoms with Gasteiger partial charge in [-0.3, -0.25) is 0 Å². The second kappa shape index (κ2) is 7.23. The first-order chi connectivity index (χ1) is 10.7. The smallest absolute Gasteiger partial charge is 0.163 e. The lowest BCUT2D eigenvalue weighted by molar-refractivity contribution is 0.135. The molecule has 5 heteroatoms. The molecule has 0 unspecified atom stereocenters. The van der Waals surface area contributed by atoms with E-state index in [1.807, 2.05) is 36.4 Å². The average molecular weight is 338 g/mol. The van der Waals surface area contributed by atoms with Gasteiger partial charge in [-0.25, -0.2) is 0 Å². The van der Waals surface area contributed by atoms with Gasteiger partial charge in [-0.1, -0.05) is 35.3 Å². The maximum atomic E-state index is 6.04. The topological polar surface area (TPSA) is 30.5 Å². The van der Waals surface area contributed by atoms with Gasteiger partial charge < -0.3 is 14.8 Å². The van der Waals surface area contributed by atoms with Crippen molar-refractivity contribution in [2.24, 2.45) is 0 Å². The van der Waals surface area contributed by atoms with Gasteiger partial charge >= 0.3 is 0 Å². The Bertz CT molecular complexity index is 644. The molecule has 0 aromatic heterocycles. The molecule has 3 nitrogen and oxygen atoms in total. The van der Waals surface area contributed by atoms with Gasteiger partial charge in [-0.05, 0) is 29.8 Å². The van der Waals surface area contributed by atoms with Crippen molar-refractivity contribution in [2.75, 3.05) is 19.7 Å². The van der Waals surface area contributed by atoms with Crippen LogP contribution in [0.3, 0.4) is 0 Å². The van der Waals surface area contributed by atoms with Crippen LogP contribution >= 0.6 is 23.2 Å². The second-order valence-electron chi connectivity index (χ2n) is 5.22. The largest absolute Gasteiger partial charge is 0.489 e. The first-order valence-corrected chi connectivity index (χ1v) is 8.00. The molecule has 1 aliphatic rings. The molecule has 22 heavy (non-hydrogen) atoms. The SMILES string of the molecule is Clc1cccc(CCOc2ccc(Cl)cc2OC2CNC2)c1. The quantitative estimate of drug-likeness (QED) is 0.865. The number of hydrogen-bond acceptors (Lipinski definition) is 3. The van der Waals surface area contributed by atoms with Crippen LogP contribution in [0.25, 0.3) is 0 Å². The molecule has 0 spiro atoms. The molecule has 1 saturated heterocycles. The van der Waals surface area contributed by atoms with Crippen LogP contribution in [0.5, 0.6) is 11.5 Å². The molecular weight excluding hydrogens is 321 g/mol. The van der Waals surface area contributed by atoms with Crippen LogP contribution in [0.4, 0.5) is 0 Å². The Morgan fingerprint density at radius 1 is 1.00 bits per heavy atom. The molecule has 0 amide bonds. The van der Waals surface area contributed by atoms with Crippen molar-refractivity contribution in [1.29, 1.82) is 0 Å². The van der Waals surface area contributed by atoms with Crippen LogP contribution in [-0.2, 0) is 6.42 Å². The third-order valence-corrected chi connectivity index (χ3v) is 3.95. The van der Waals surface area contributed by atoms with E-state index in [1.54, 1.807) is 6.07 Å². The molecule has 0 saturated carbocycles. The monoisotopic (exact) mass is 337 g/mol. The molecule has 0 bridgehead atoms. The van der Waals surface area contributed by atoms with E-state index in [1.165, 1.54) is 0 Å². The first-order valence-electron chi connectivity index (χ1n) is 7.25. The van der Waals surface area contributed by atoms with Crippen LogP contribution in [0, 0.1) is 0 Å². The van der Waals surface area contributed by atoms with Gasteiger partial charge in [0.2, 0.25) is 0 Å². The highest BCUT2D eigenvalue weighted by molar-refractivity contribution is 6.31. The highest BCUT2D eigenvalue weighted by atomic mass is 35.5. The zero-order valence-corrected chi connectivity index (χ0v) is 13.5. The molecule has 2 aromatic carbocycles. The van der Waals surface area contributed by atoms with E-state index in [4.69, 9.17) is 32.7 Å². The minimum absolute atomic E-state index is 0.189.